The molecule has 3 heterocycles. The molecule has 1 amide bonds. The summed E-state index contributed by atoms with van der Waals surface area (Å²) in [7, 11) is 0. The van der Waals surface area contributed by atoms with Crippen molar-refractivity contribution in [3.05, 3.63) is 17.5 Å². The molecule has 21 heavy (non-hydrogen) atoms. The van der Waals surface area contributed by atoms with Crippen molar-refractivity contribution < 1.29 is 14.3 Å². The van der Waals surface area contributed by atoms with Crippen molar-refractivity contribution in [2.24, 2.45) is 0 Å². The SMILES string of the molecule is O=C(C1CCCc2[nH]ncc21)N1CCCC2(C1)OCCO2. The van der Waals surface area contributed by atoms with E-state index in [9.17, 15) is 4.79 Å². The van der Waals surface area contributed by atoms with Crippen LogP contribution in [0, 0.1) is 0 Å². The van der Waals surface area contributed by atoms with Crippen LogP contribution in [0.25, 0.3) is 0 Å². The van der Waals surface area contributed by atoms with Crippen LogP contribution < -0.4 is 0 Å². The summed E-state index contributed by atoms with van der Waals surface area (Å²) in [5.74, 6) is -0.387. The summed E-state index contributed by atoms with van der Waals surface area (Å²) in [5.41, 5.74) is 2.21. The van der Waals surface area contributed by atoms with Gasteiger partial charge in [-0.1, -0.05) is 0 Å². The van der Waals surface area contributed by atoms with Crippen LogP contribution in [-0.4, -0.2) is 53.1 Å². The Kier molecular flexibility index (Phi) is 3.23. The first-order chi connectivity index (χ1) is 10.3. The Morgan fingerprint density at radius 2 is 2.24 bits per heavy atom. The molecule has 2 fully saturated rings. The number of amides is 1. The molecule has 114 valence electrons. The van der Waals surface area contributed by atoms with Gasteiger partial charge < -0.3 is 14.4 Å². The molecule has 1 aromatic heterocycles. The van der Waals surface area contributed by atoms with Crippen LogP contribution in [0.2, 0.25) is 0 Å². The maximum atomic E-state index is 12.9. The van der Waals surface area contributed by atoms with Gasteiger partial charge in [-0.05, 0) is 25.7 Å². The van der Waals surface area contributed by atoms with E-state index in [1.807, 2.05) is 11.1 Å². The average Bonchev–Trinajstić information content (AvgIpc) is 3.15. The molecule has 1 unspecified atom stereocenters. The molecule has 2 aliphatic heterocycles. The second kappa shape index (κ2) is 5.10. The molecule has 0 aromatic carbocycles. The molecular formula is C15H21N3O3. The number of likely N-dealkylation sites (tertiary alicyclic amines) is 1. The van der Waals surface area contributed by atoms with Gasteiger partial charge in [0.1, 0.15) is 0 Å². The van der Waals surface area contributed by atoms with Gasteiger partial charge in [-0.2, -0.15) is 5.10 Å². The van der Waals surface area contributed by atoms with E-state index in [-0.39, 0.29) is 11.8 Å². The monoisotopic (exact) mass is 291 g/mol. The van der Waals surface area contributed by atoms with Gasteiger partial charge in [-0.25, -0.2) is 0 Å². The smallest absolute Gasteiger partial charge is 0.230 e. The van der Waals surface area contributed by atoms with Gasteiger partial charge in [0.2, 0.25) is 5.91 Å². The second-order valence-corrected chi connectivity index (χ2v) is 6.22. The Morgan fingerprint density at radius 3 is 3.10 bits per heavy atom. The number of carbonyl (C=O) groups is 1. The van der Waals surface area contributed by atoms with Gasteiger partial charge in [0.15, 0.2) is 5.79 Å². The van der Waals surface area contributed by atoms with E-state index in [0.717, 1.165) is 49.9 Å². The van der Waals surface area contributed by atoms with E-state index < -0.39 is 5.79 Å². The minimum absolute atomic E-state index is 0.0518. The third kappa shape index (κ3) is 2.26. The number of hydrogen-bond acceptors (Lipinski definition) is 4. The fourth-order valence-corrected chi connectivity index (χ4v) is 3.85. The standard InChI is InChI=1S/C15H21N3O3/c19-14(11-3-1-4-13-12(11)9-16-17-13)18-6-2-5-15(10-18)20-7-8-21-15/h9,11H,1-8,10H2,(H,16,17). The molecule has 0 saturated carbocycles. The third-order valence-corrected chi connectivity index (χ3v) is 4.89. The van der Waals surface area contributed by atoms with Crippen molar-refractivity contribution in [1.82, 2.24) is 15.1 Å². The van der Waals surface area contributed by atoms with Crippen molar-refractivity contribution in [2.75, 3.05) is 26.3 Å². The Hall–Kier alpha value is -1.40. The number of carbonyl (C=O) groups excluding carboxylic acids is 1. The van der Waals surface area contributed by atoms with Crippen LogP contribution in [0.1, 0.15) is 42.9 Å². The average molecular weight is 291 g/mol. The molecular weight excluding hydrogens is 270 g/mol. The van der Waals surface area contributed by atoms with Crippen molar-refractivity contribution in [1.29, 1.82) is 0 Å². The van der Waals surface area contributed by atoms with E-state index in [1.165, 1.54) is 0 Å². The number of nitrogens with one attached hydrogen (secondary N) is 1. The third-order valence-electron chi connectivity index (χ3n) is 4.89. The fraction of sp³-hybridized carbons (Fsp3) is 0.733. The topological polar surface area (TPSA) is 67.5 Å². The summed E-state index contributed by atoms with van der Waals surface area (Å²) in [5, 5.41) is 7.13. The van der Waals surface area contributed by atoms with Gasteiger partial charge in [0, 0.05) is 24.2 Å². The molecule has 1 N–H and O–H groups in total. The lowest BCUT2D eigenvalue weighted by Crippen LogP contribution is -2.52. The molecule has 1 aromatic rings. The summed E-state index contributed by atoms with van der Waals surface area (Å²) >= 11 is 0. The lowest BCUT2D eigenvalue weighted by molar-refractivity contribution is -0.193. The summed E-state index contributed by atoms with van der Waals surface area (Å²) in [6.07, 6.45) is 6.60. The number of hydrogen-bond donors (Lipinski definition) is 1. The first-order valence-electron chi connectivity index (χ1n) is 7.86. The Labute approximate surface area is 123 Å². The normalized spacial score (nSPS) is 27.8. The van der Waals surface area contributed by atoms with E-state index in [2.05, 4.69) is 10.2 Å². The highest BCUT2D eigenvalue weighted by molar-refractivity contribution is 5.84. The van der Waals surface area contributed by atoms with Gasteiger partial charge >= 0.3 is 0 Å². The number of piperidine rings is 1. The van der Waals surface area contributed by atoms with Crippen LogP contribution in [0.4, 0.5) is 0 Å². The zero-order valence-electron chi connectivity index (χ0n) is 12.1. The van der Waals surface area contributed by atoms with Crippen molar-refractivity contribution in [3.8, 4) is 0 Å². The number of rotatable bonds is 1. The molecule has 1 atom stereocenters. The Morgan fingerprint density at radius 1 is 1.38 bits per heavy atom. The number of fused-ring (bicyclic) bond motifs is 1. The van der Waals surface area contributed by atoms with Crippen molar-refractivity contribution >= 4 is 5.91 Å². The summed E-state index contributed by atoms with van der Waals surface area (Å²) < 4.78 is 11.5. The number of ether oxygens (including phenoxy) is 2. The molecule has 2 saturated heterocycles. The maximum absolute atomic E-state index is 12.9. The summed E-state index contributed by atoms with van der Waals surface area (Å²) in [6, 6.07) is 0. The highest BCUT2D eigenvalue weighted by atomic mass is 16.7. The van der Waals surface area contributed by atoms with E-state index in [1.54, 1.807) is 0 Å². The van der Waals surface area contributed by atoms with Crippen LogP contribution in [0.15, 0.2) is 6.20 Å². The molecule has 6 heteroatoms. The predicted octanol–water partition coefficient (Wildman–Crippen LogP) is 1.20. The second-order valence-electron chi connectivity index (χ2n) is 6.22. The predicted molar refractivity (Wildman–Crippen MR) is 74.7 cm³/mol. The van der Waals surface area contributed by atoms with E-state index in [0.29, 0.717) is 19.8 Å². The van der Waals surface area contributed by atoms with Gasteiger partial charge in [0.25, 0.3) is 0 Å². The lowest BCUT2D eigenvalue weighted by atomic mass is 9.85. The van der Waals surface area contributed by atoms with Crippen molar-refractivity contribution in [2.45, 2.75) is 43.8 Å². The van der Waals surface area contributed by atoms with E-state index >= 15 is 0 Å². The molecule has 1 spiro atoms. The van der Waals surface area contributed by atoms with E-state index in [4.69, 9.17) is 9.47 Å². The Balaban J connectivity index is 1.53. The molecule has 1 aliphatic carbocycles. The molecule has 4 rings (SSSR count). The minimum Gasteiger partial charge on any atom is -0.346 e. The highest BCUT2D eigenvalue weighted by Crippen LogP contribution is 2.35. The van der Waals surface area contributed by atoms with Crippen LogP contribution in [0.5, 0.6) is 0 Å². The quantitative estimate of drug-likeness (QED) is 0.844. The molecule has 0 radical (unpaired) electrons. The van der Waals surface area contributed by atoms with Crippen LogP contribution >= 0.6 is 0 Å². The summed E-state index contributed by atoms with van der Waals surface area (Å²) in [6.45, 7) is 2.64. The maximum Gasteiger partial charge on any atom is 0.230 e. The van der Waals surface area contributed by atoms with Gasteiger partial charge in [-0.15, -0.1) is 0 Å². The minimum atomic E-state index is -0.540. The van der Waals surface area contributed by atoms with Gasteiger partial charge in [0.05, 0.1) is 31.9 Å². The zero-order valence-corrected chi connectivity index (χ0v) is 12.1. The largest absolute Gasteiger partial charge is 0.346 e. The first kappa shape index (κ1) is 13.3. The highest BCUT2D eigenvalue weighted by Gasteiger charge is 2.43. The number of H-pyrrole nitrogens is 1. The molecule has 3 aliphatic rings. The Bertz CT molecular complexity index is 536. The zero-order chi connectivity index (χ0) is 14.3. The van der Waals surface area contributed by atoms with Gasteiger partial charge in [-0.3, -0.25) is 9.89 Å². The number of aryl methyl sites for hydroxylation is 1. The lowest BCUT2D eigenvalue weighted by Gasteiger charge is -2.40. The van der Waals surface area contributed by atoms with Crippen LogP contribution in [0.3, 0.4) is 0 Å². The fourth-order valence-electron chi connectivity index (χ4n) is 3.85. The molecule has 0 bridgehead atoms. The number of aromatic amines is 1. The summed E-state index contributed by atoms with van der Waals surface area (Å²) in [4.78, 5) is 14.9. The van der Waals surface area contributed by atoms with Crippen LogP contribution in [-0.2, 0) is 20.7 Å². The molecule has 6 nitrogen and oxygen atoms in total. The van der Waals surface area contributed by atoms with Crippen molar-refractivity contribution in [3.63, 3.8) is 0 Å². The number of nitrogens with zero attached hydrogens (tertiary/aromatic N) is 2. The first-order valence-corrected chi connectivity index (χ1v) is 7.86. The number of aromatic nitrogens is 2.